The minimum absolute atomic E-state index is 0.391. The van der Waals surface area contributed by atoms with E-state index < -0.39 is 0 Å². The molecule has 2 nitrogen and oxygen atoms in total. The number of rotatable bonds is 7. The Kier molecular flexibility index (Phi) is 5.58. The summed E-state index contributed by atoms with van der Waals surface area (Å²) >= 11 is 1.81. The molecule has 0 aliphatic rings. The van der Waals surface area contributed by atoms with E-state index in [-0.39, 0.29) is 0 Å². The summed E-state index contributed by atoms with van der Waals surface area (Å²) in [5, 5.41) is 5.71. The zero-order chi connectivity index (χ0) is 13.5. The number of hydrogen-bond acceptors (Lipinski definition) is 3. The smallest absolute Gasteiger partial charge is 0.0616 e. The van der Waals surface area contributed by atoms with E-state index in [0.29, 0.717) is 6.04 Å². The van der Waals surface area contributed by atoms with Gasteiger partial charge in [-0.2, -0.15) is 0 Å². The second-order valence-electron chi connectivity index (χ2n) is 4.61. The second-order valence-corrected chi connectivity index (χ2v) is 5.60. The van der Waals surface area contributed by atoms with Crippen LogP contribution in [0.3, 0.4) is 0 Å². The Hall–Kier alpha value is -1.16. The van der Waals surface area contributed by atoms with Gasteiger partial charge in [-0.15, -0.1) is 11.3 Å². The molecule has 3 heteroatoms. The molecule has 1 aromatic carbocycles. The summed E-state index contributed by atoms with van der Waals surface area (Å²) in [5.74, 6) is 0. The zero-order valence-corrected chi connectivity index (χ0v) is 12.4. The molecule has 1 heterocycles. The minimum Gasteiger partial charge on any atom is -0.380 e. The molecule has 2 rings (SSSR count). The van der Waals surface area contributed by atoms with E-state index in [0.717, 1.165) is 19.8 Å². The average Bonchev–Trinajstić information content (AvgIpc) is 2.93. The standard InChI is InChI=1S/C16H21NOS/c1-3-18-11-13(2)17-10-16-9-15(12-19-16)14-7-5-4-6-8-14/h4-9,12-13,17H,3,10-11H2,1-2H3. The number of thiophene rings is 1. The molecule has 0 spiro atoms. The third-order valence-corrected chi connectivity index (χ3v) is 3.89. The van der Waals surface area contributed by atoms with E-state index in [2.05, 4.69) is 48.0 Å². The van der Waals surface area contributed by atoms with E-state index in [1.807, 2.05) is 13.0 Å². The average molecular weight is 275 g/mol. The highest BCUT2D eigenvalue weighted by Crippen LogP contribution is 2.25. The Balaban J connectivity index is 1.88. The van der Waals surface area contributed by atoms with E-state index in [4.69, 9.17) is 4.74 Å². The predicted molar refractivity (Wildman–Crippen MR) is 82.5 cm³/mol. The van der Waals surface area contributed by atoms with Crippen LogP contribution in [0, 0.1) is 0 Å². The van der Waals surface area contributed by atoms with Gasteiger partial charge in [0.15, 0.2) is 0 Å². The molecule has 2 aromatic rings. The van der Waals surface area contributed by atoms with Crippen molar-refractivity contribution in [3.05, 3.63) is 46.7 Å². The number of benzene rings is 1. The molecule has 1 atom stereocenters. The highest BCUT2D eigenvalue weighted by atomic mass is 32.1. The summed E-state index contributed by atoms with van der Waals surface area (Å²) in [6.45, 7) is 6.64. The summed E-state index contributed by atoms with van der Waals surface area (Å²) in [6.07, 6.45) is 0. The van der Waals surface area contributed by atoms with Crippen LogP contribution < -0.4 is 5.32 Å². The van der Waals surface area contributed by atoms with E-state index in [1.54, 1.807) is 11.3 Å². The van der Waals surface area contributed by atoms with Gasteiger partial charge in [0.1, 0.15) is 0 Å². The van der Waals surface area contributed by atoms with Crippen molar-refractivity contribution >= 4 is 11.3 Å². The van der Waals surface area contributed by atoms with Gasteiger partial charge in [-0.05, 0) is 36.4 Å². The Morgan fingerprint density at radius 2 is 2.00 bits per heavy atom. The summed E-state index contributed by atoms with van der Waals surface area (Å²) in [6, 6.07) is 13.2. The van der Waals surface area contributed by atoms with Gasteiger partial charge in [0.05, 0.1) is 6.61 Å². The van der Waals surface area contributed by atoms with Crippen molar-refractivity contribution in [1.82, 2.24) is 5.32 Å². The normalized spacial score (nSPS) is 12.5. The van der Waals surface area contributed by atoms with Crippen molar-refractivity contribution in [2.24, 2.45) is 0 Å². The minimum atomic E-state index is 0.391. The Morgan fingerprint density at radius 1 is 1.21 bits per heavy atom. The molecule has 102 valence electrons. The maximum absolute atomic E-state index is 5.40. The SMILES string of the molecule is CCOCC(C)NCc1cc(-c2ccccc2)cs1. The third kappa shape index (κ3) is 4.46. The lowest BCUT2D eigenvalue weighted by Gasteiger charge is -2.12. The van der Waals surface area contributed by atoms with Gasteiger partial charge in [-0.25, -0.2) is 0 Å². The fourth-order valence-corrected chi connectivity index (χ4v) is 2.73. The van der Waals surface area contributed by atoms with Crippen LogP contribution in [-0.2, 0) is 11.3 Å². The Labute approximate surface area is 119 Å². The molecule has 1 unspecified atom stereocenters. The molecule has 0 amide bonds. The van der Waals surface area contributed by atoms with Crippen molar-refractivity contribution in [3.63, 3.8) is 0 Å². The summed E-state index contributed by atoms with van der Waals surface area (Å²) in [7, 11) is 0. The summed E-state index contributed by atoms with van der Waals surface area (Å²) in [5.41, 5.74) is 2.59. The van der Waals surface area contributed by atoms with Crippen molar-refractivity contribution in [3.8, 4) is 11.1 Å². The zero-order valence-electron chi connectivity index (χ0n) is 11.6. The number of hydrogen-bond donors (Lipinski definition) is 1. The molecule has 1 aromatic heterocycles. The van der Waals surface area contributed by atoms with Crippen molar-refractivity contribution < 1.29 is 4.74 Å². The summed E-state index contributed by atoms with van der Waals surface area (Å²) in [4.78, 5) is 1.36. The van der Waals surface area contributed by atoms with Crippen LogP contribution in [0.1, 0.15) is 18.7 Å². The Morgan fingerprint density at radius 3 is 2.74 bits per heavy atom. The maximum atomic E-state index is 5.40. The van der Waals surface area contributed by atoms with Gasteiger partial charge in [0.25, 0.3) is 0 Å². The first kappa shape index (κ1) is 14.3. The van der Waals surface area contributed by atoms with Crippen LogP contribution in [-0.4, -0.2) is 19.3 Å². The van der Waals surface area contributed by atoms with Gasteiger partial charge in [0.2, 0.25) is 0 Å². The topological polar surface area (TPSA) is 21.3 Å². The number of nitrogens with one attached hydrogen (secondary N) is 1. The van der Waals surface area contributed by atoms with Crippen LogP contribution in [0.2, 0.25) is 0 Å². The molecule has 0 bridgehead atoms. The first-order valence-electron chi connectivity index (χ1n) is 6.73. The highest BCUT2D eigenvalue weighted by molar-refractivity contribution is 7.10. The fraction of sp³-hybridized carbons (Fsp3) is 0.375. The molecule has 0 saturated carbocycles. The van der Waals surface area contributed by atoms with Gasteiger partial charge >= 0.3 is 0 Å². The lowest BCUT2D eigenvalue weighted by Crippen LogP contribution is -2.29. The molecule has 0 aliphatic heterocycles. The van der Waals surface area contributed by atoms with E-state index >= 15 is 0 Å². The van der Waals surface area contributed by atoms with Crippen LogP contribution in [0.4, 0.5) is 0 Å². The largest absolute Gasteiger partial charge is 0.380 e. The van der Waals surface area contributed by atoms with Gasteiger partial charge in [-0.3, -0.25) is 0 Å². The Bertz CT molecular complexity index is 481. The fourth-order valence-electron chi connectivity index (χ4n) is 1.88. The molecule has 0 fully saturated rings. The second kappa shape index (κ2) is 7.43. The molecule has 0 saturated heterocycles. The lowest BCUT2D eigenvalue weighted by molar-refractivity contribution is 0.127. The first-order valence-corrected chi connectivity index (χ1v) is 7.61. The van der Waals surface area contributed by atoms with E-state index in [1.165, 1.54) is 16.0 Å². The molecular formula is C16H21NOS. The van der Waals surface area contributed by atoms with Crippen LogP contribution in [0.5, 0.6) is 0 Å². The van der Waals surface area contributed by atoms with Crippen molar-refractivity contribution in [2.75, 3.05) is 13.2 Å². The van der Waals surface area contributed by atoms with Crippen LogP contribution >= 0.6 is 11.3 Å². The van der Waals surface area contributed by atoms with Crippen molar-refractivity contribution in [1.29, 1.82) is 0 Å². The molecule has 19 heavy (non-hydrogen) atoms. The first-order chi connectivity index (χ1) is 9.29. The van der Waals surface area contributed by atoms with Gasteiger partial charge in [-0.1, -0.05) is 30.3 Å². The highest BCUT2D eigenvalue weighted by Gasteiger charge is 2.04. The lowest BCUT2D eigenvalue weighted by atomic mass is 10.1. The maximum Gasteiger partial charge on any atom is 0.0616 e. The van der Waals surface area contributed by atoms with Crippen LogP contribution in [0.15, 0.2) is 41.8 Å². The molecule has 1 N–H and O–H groups in total. The quantitative estimate of drug-likeness (QED) is 0.826. The van der Waals surface area contributed by atoms with Gasteiger partial charge < -0.3 is 10.1 Å². The van der Waals surface area contributed by atoms with E-state index in [9.17, 15) is 0 Å². The van der Waals surface area contributed by atoms with Gasteiger partial charge in [0, 0.05) is 24.1 Å². The monoisotopic (exact) mass is 275 g/mol. The molecular weight excluding hydrogens is 254 g/mol. The molecule has 0 radical (unpaired) electrons. The summed E-state index contributed by atoms with van der Waals surface area (Å²) < 4.78 is 5.40. The van der Waals surface area contributed by atoms with Crippen LogP contribution in [0.25, 0.3) is 11.1 Å². The number of ether oxygens (including phenoxy) is 1. The third-order valence-electron chi connectivity index (χ3n) is 2.96. The molecule has 0 aliphatic carbocycles. The predicted octanol–water partition coefficient (Wildman–Crippen LogP) is 3.93. The van der Waals surface area contributed by atoms with Crippen molar-refractivity contribution in [2.45, 2.75) is 26.4 Å².